The summed E-state index contributed by atoms with van der Waals surface area (Å²) in [5, 5.41) is 13.0. The van der Waals surface area contributed by atoms with Crippen molar-refractivity contribution < 1.29 is 0 Å². The highest BCUT2D eigenvalue weighted by atomic mass is 15.2. The molecule has 1 saturated heterocycles. The second-order valence-electron chi connectivity index (χ2n) is 6.40. The van der Waals surface area contributed by atoms with E-state index in [0.29, 0.717) is 6.04 Å². The van der Waals surface area contributed by atoms with Crippen molar-refractivity contribution in [3.8, 4) is 6.07 Å². The number of likely N-dealkylation sites (tertiary alicyclic amines) is 1. The first-order valence-corrected chi connectivity index (χ1v) is 8.01. The third kappa shape index (κ3) is 3.64. The van der Waals surface area contributed by atoms with E-state index >= 15 is 0 Å². The van der Waals surface area contributed by atoms with Crippen molar-refractivity contribution in [1.82, 2.24) is 10.2 Å². The van der Waals surface area contributed by atoms with Gasteiger partial charge in [0.15, 0.2) is 0 Å². The van der Waals surface area contributed by atoms with Gasteiger partial charge in [-0.1, -0.05) is 37.3 Å². The second-order valence-corrected chi connectivity index (χ2v) is 6.40. The molecule has 3 unspecified atom stereocenters. The van der Waals surface area contributed by atoms with Crippen LogP contribution in [0.15, 0.2) is 30.3 Å². The van der Waals surface area contributed by atoms with Crippen molar-refractivity contribution in [2.75, 3.05) is 20.1 Å². The monoisotopic (exact) mass is 285 g/mol. The van der Waals surface area contributed by atoms with Crippen molar-refractivity contribution >= 4 is 0 Å². The Morgan fingerprint density at radius 1 is 1.33 bits per heavy atom. The predicted octanol–water partition coefficient (Wildman–Crippen LogP) is 3.14. The van der Waals surface area contributed by atoms with Crippen LogP contribution in [0.3, 0.4) is 0 Å². The number of nitrogens with zero attached hydrogens (tertiary/aromatic N) is 2. The van der Waals surface area contributed by atoms with Gasteiger partial charge < -0.3 is 4.90 Å². The Kier molecular flexibility index (Phi) is 5.39. The fraction of sp³-hybridized carbons (Fsp3) is 0.611. The van der Waals surface area contributed by atoms with Crippen LogP contribution in [0.1, 0.15) is 38.7 Å². The van der Waals surface area contributed by atoms with E-state index in [-0.39, 0.29) is 0 Å². The fourth-order valence-electron chi connectivity index (χ4n) is 3.41. The van der Waals surface area contributed by atoms with Crippen LogP contribution in [0.2, 0.25) is 0 Å². The van der Waals surface area contributed by atoms with Gasteiger partial charge in [-0.15, -0.1) is 0 Å². The highest BCUT2D eigenvalue weighted by Gasteiger charge is 2.32. The Morgan fingerprint density at radius 2 is 2.05 bits per heavy atom. The van der Waals surface area contributed by atoms with Gasteiger partial charge in [0.25, 0.3) is 0 Å². The normalized spacial score (nSPS) is 26.0. The molecule has 1 fully saturated rings. The Morgan fingerprint density at radius 3 is 2.62 bits per heavy atom. The van der Waals surface area contributed by atoms with Gasteiger partial charge in [0, 0.05) is 12.6 Å². The summed E-state index contributed by atoms with van der Waals surface area (Å²) in [5.41, 5.74) is 0.484. The van der Waals surface area contributed by atoms with Gasteiger partial charge in [-0.2, -0.15) is 5.26 Å². The van der Waals surface area contributed by atoms with Gasteiger partial charge in [0.2, 0.25) is 0 Å². The van der Waals surface area contributed by atoms with Crippen LogP contribution in [0.25, 0.3) is 0 Å². The first-order valence-electron chi connectivity index (χ1n) is 8.01. The highest BCUT2D eigenvalue weighted by molar-refractivity contribution is 5.31. The molecule has 0 spiro atoms. The lowest BCUT2D eigenvalue weighted by Crippen LogP contribution is -2.46. The molecule has 1 aliphatic rings. The van der Waals surface area contributed by atoms with Crippen LogP contribution in [0.4, 0.5) is 0 Å². The summed E-state index contributed by atoms with van der Waals surface area (Å²) in [4.78, 5) is 2.53. The maximum Gasteiger partial charge on any atom is 0.133 e. The lowest BCUT2D eigenvalue weighted by molar-refractivity contribution is 0.119. The Labute approximate surface area is 129 Å². The van der Waals surface area contributed by atoms with Crippen molar-refractivity contribution in [2.24, 2.45) is 5.92 Å². The van der Waals surface area contributed by atoms with Crippen molar-refractivity contribution in [3.63, 3.8) is 0 Å². The van der Waals surface area contributed by atoms with Crippen molar-refractivity contribution in [3.05, 3.63) is 35.9 Å². The number of hydrogen-bond donors (Lipinski definition) is 1. The molecule has 3 nitrogen and oxygen atoms in total. The molecule has 1 heterocycles. The second kappa shape index (κ2) is 7.06. The highest BCUT2D eigenvalue weighted by Crippen LogP contribution is 2.27. The summed E-state index contributed by atoms with van der Waals surface area (Å²) in [5.74, 6) is 0.829. The van der Waals surface area contributed by atoms with E-state index in [4.69, 9.17) is 0 Å². The number of piperidine rings is 1. The Bertz CT molecular complexity index is 479. The average molecular weight is 285 g/mol. The van der Waals surface area contributed by atoms with E-state index in [1.54, 1.807) is 0 Å². The Balaban J connectivity index is 2.06. The maximum atomic E-state index is 9.74. The zero-order valence-electron chi connectivity index (χ0n) is 13.5. The summed E-state index contributed by atoms with van der Waals surface area (Å²) >= 11 is 0. The summed E-state index contributed by atoms with van der Waals surface area (Å²) in [6.45, 7) is 6.77. The third-order valence-corrected chi connectivity index (χ3v) is 4.93. The molecule has 0 aliphatic carbocycles. The molecule has 0 aromatic heterocycles. The topological polar surface area (TPSA) is 39.1 Å². The average Bonchev–Trinajstić information content (AvgIpc) is 2.51. The first-order chi connectivity index (χ1) is 10.1. The minimum Gasteiger partial charge on any atom is -0.301 e. The van der Waals surface area contributed by atoms with Gasteiger partial charge in [-0.3, -0.25) is 5.32 Å². The van der Waals surface area contributed by atoms with E-state index in [1.807, 2.05) is 37.4 Å². The van der Waals surface area contributed by atoms with Gasteiger partial charge in [0.1, 0.15) is 5.54 Å². The summed E-state index contributed by atoms with van der Waals surface area (Å²) in [7, 11) is 1.89. The smallest absolute Gasteiger partial charge is 0.133 e. The molecule has 0 saturated carbocycles. The number of benzene rings is 1. The number of nitrogens with one attached hydrogen (secondary N) is 1. The minimum absolute atomic E-state index is 0.579. The largest absolute Gasteiger partial charge is 0.301 e. The summed E-state index contributed by atoms with van der Waals surface area (Å²) < 4.78 is 0. The molecule has 0 amide bonds. The summed E-state index contributed by atoms with van der Waals surface area (Å²) in [6.07, 6.45) is 3.36. The maximum absolute atomic E-state index is 9.74. The molecular weight excluding hydrogens is 258 g/mol. The molecule has 21 heavy (non-hydrogen) atoms. The molecule has 0 radical (unpaired) electrons. The lowest BCUT2D eigenvalue weighted by Gasteiger charge is -2.38. The molecule has 114 valence electrons. The van der Waals surface area contributed by atoms with Gasteiger partial charge in [-0.05, 0) is 51.3 Å². The molecule has 0 bridgehead atoms. The zero-order chi connectivity index (χ0) is 15.3. The van der Waals surface area contributed by atoms with Crippen LogP contribution in [-0.2, 0) is 5.54 Å². The third-order valence-electron chi connectivity index (χ3n) is 4.93. The van der Waals surface area contributed by atoms with Crippen LogP contribution in [0.5, 0.6) is 0 Å². The molecule has 1 aliphatic heterocycles. The molecular formula is C18H27N3. The van der Waals surface area contributed by atoms with Crippen molar-refractivity contribution in [1.29, 1.82) is 5.26 Å². The number of hydrogen-bond acceptors (Lipinski definition) is 3. The van der Waals surface area contributed by atoms with Crippen LogP contribution in [0, 0.1) is 17.2 Å². The van der Waals surface area contributed by atoms with E-state index in [9.17, 15) is 5.26 Å². The molecule has 1 N–H and O–H groups in total. The lowest BCUT2D eigenvalue weighted by atomic mass is 9.86. The zero-order valence-corrected chi connectivity index (χ0v) is 13.5. The van der Waals surface area contributed by atoms with E-state index in [1.165, 1.54) is 12.8 Å². The molecule has 1 aromatic carbocycles. The molecule has 1 aromatic rings. The van der Waals surface area contributed by atoms with Gasteiger partial charge >= 0.3 is 0 Å². The van der Waals surface area contributed by atoms with E-state index in [2.05, 4.69) is 30.1 Å². The number of rotatable bonds is 5. The molecule has 3 heteroatoms. The van der Waals surface area contributed by atoms with E-state index in [0.717, 1.165) is 31.0 Å². The molecule has 2 rings (SSSR count). The predicted molar refractivity (Wildman–Crippen MR) is 86.8 cm³/mol. The summed E-state index contributed by atoms with van der Waals surface area (Å²) in [6, 6.07) is 13.2. The molecule has 3 atom stereocenters. The van der Waals surface area contributed by atoms with Gasteiger partial charge in [0.05, 0.1) is 6.07 Å². The van der Waals surface area contributed by atoms with E-state index < -0.39 is 5.54 Å². The minimum atomic E-state index is -0.579. The van der Waals surface area contributed by atoms with Crippen LogP contribution in [-0.4, -0.2) is 31.1 Å². The fourth-order valence-corrected chi connectivity index (χ4v) is 3.41. The first kappa shape index (κ1) is 16.0. The Hall–Kier alpha value is -1.37. The quantitative estimate of drug-likeness (QED) is 0.903. The van der Waals surface area contributed by atoms with Gasteiger partial charge in [-0.25, -0.2) is 0 Å². The SMILES string of the molecule is CNC(C#N)(CCN1CCC(C)CC1C)c1ccccc1. The number of nitriles is 1. The van der Waals surface area contributed by atoms with Crippen molar-refractivity contribution in [2.45, 2.75) is 44.7 Å². The van der Waals surface area contributed by atoms with Crippen LogP contribution < -0.4 is 5.32 Å². The standard InChI is InChI=1S/C18H27N3/c1-15-9-11-21(16(2)13-15)12-10-18(14-19,20-3)17-7-5-4-6-8-17/h4-8,15-16,20H,9-13H2,1-3H3. The van der Waals surface area contributed by atoms with Crippen LogP contribution >= 0.6 is 0 Å².